The third kappa shape index (κ3) is 9.09. The van der Waals surface area contributed by atoms with E-state index in [4.69, 9.17) is 10.5 Å². The number of primary amides is 1. The van der Waals surface area contributed by atoms with Crippen LogP contribution in [0.15, 0.2) is 12.7 Å². The molecule has 0 atom stereocenters. The summed E-state index contributed by atoms with van der Waals surface area (Å²) in [5.41, 5.74) is 3.07. The number of amides is 2. The standard InChI is InChI=1S/C11H20N2O4.C6H10O2/c1-10(2,3)17-9(15)13-6-4-11(16,5-7-13)8(12)14;1-3-4-5-6(7)8-2/h16H,4-7H2,1-3H3,(H2,12,14);3H,1,4-5H2,2H3. The van der Waals surface area contributed by atoms with Crippen LogP contribution in [0.3, 0.4) is 0 Å². The molecule has 1 heterocycles. The van der Waals surface area contributed by atoms with Crippen molar-refractivity contribution in [2.45, 2.75) is 57.7 Å². The summed E-state index contributed by atoms with van der Waals surface area (Å²) in [6.45, 7) is 9.36. The number of rotatable bonds is 4. The topological polar surface area (TPSA) is 119 Å². The van der Waals surface area contributed by atoms with Gasteiger partial charge in [0.25, 0.3) is 0 Å². The molecule has 8 nitrogen and oxygen atoms in total. The Bertz CT molecular complexity index is 476. The third-order valence-corrected chi connectivity index (χ3v) is 3.48. The maximum atomic E-state index is 11.7. The molecular formula is C17H30N2O6. The molecule has 0 aliphatic carbocycles. The lowest BCUT2D eigenvalue weighted by atomic mass is 9.91. The molecule has 25 heavy (non-hydrogen) atoms. The number of esters is 1. The number of piperidine rings is 1. The molecule has 0 saturated carbocycles. The van der Waals surface area contributed by atoms with Crippen molar-refractivity contribution in [2.75, 3.05) is 20.2 Å². The molecular weight excluding hydrogens is 328 g/mol. The SMILES string of the molecule is C=CCCC(=O)OC.CC(C)(C)OC(=O)N1CCC(O)(C(N)=O)CC1. The van der Waals surface area contributed by atoms with Gasteiger partial charge in [-0.1, -0.05) is 6.08 Å². The summed E-state index contributed by atoms with van der Waals surface area (Å²) in [5.74, 6) is -0.911. The van der Waals surface area contributed by atoms with Gasteiger partial charge >= 0.3 is 12.1 Å². The van der Waals surface area contributed by atoms with Crippen molar-refractivity contribution in [3.05, 3.63) is 12.7 Å². The summed E-state index contributed by atoms with van der Waals surface area (Å²) >= 11 is 0. The number of nitrogens with two attached hydrogens (primary N) is 1. The Labute approximate surface area is 148 Å². The van der Waals surface area contributed by atoms with E-state index in [1.807, 2.05) is 0 Å². The van der Waals surface area contributed by atoms with E-state index >= 15 is 0 Å². The molecule has 1 saturated heterocycles. The summed E-state index contributed by atoms with van der Waals surface area (Å²) < 4.78 is 9.56. The largest absolute Gasteiger partial charge is 0.469 e. The molecule has 0 aromatic rings. The summed E-state index contributed by atoms with van der Waals surface area (Å²) in [6.07, 6.45) is 2.72. The number of carbonyl (C=O) groups excluding carboxylic acids is 3. The van der Waals surface area contributed by atoms with Gasteiger partial charge in [-0.15, -0.1) is 6.58 Å². The third-order valence-electron chi connectivity index (χ3n) is 3.48. The van der Waals surface area contributed by atoms with Crippen LogP contribution < -0.4 is 5.73 Å². The van der Waals surface area contributed by atoms with E-state index in [1.54, 1.807) is 26.8 Å². The van der Waals surface area contributed by atoms with Crippen LogP contribution in [0, 0.1) is 0 Å². The van der Waals surface area contributed by atoms with E-state index in [1.165, 1.54) is 12.0 Å². The highest BCUT2D eigenvalue weighted by atomic mass is 16.6. The minimum atomic E-state index is -1.49. The minimum absolute atomic E-state index is 0.154. The zero-order valence-electron chi connectivity index (χ0n) is 15.5. The smallest absolute Gasteiger partial charge is 0.410 e. The summed E-state index contributed by atoms with van der Waals surface area (Å²) in [5, 5.41) is 9.83. The second-order valence-electron chi connectivity index (χ2n) is 6.77. The Hall–Kier alpha value is -2.09. The van der Waals surface area contributed by atoms with Gasteiger partial charge in [0.05, 0.1) is 7.11 Å². The Balaban J connectivity index is 0.000000609. The van der Waals surface area contributed by atoms with Crippen LogP contribution in [0.2, 0.25) is 0 Å². The Morgan fingerprint density at radius 3 is 2.16 bits per heavy atom. The van der Waals surface area contributed by atoms with Crippen LogP contribution in [0.4, 0.5) is 4.79 Å². The number of nitrogens with zero attached hydrogens (tertiary/aromatic N) is 1. The Morgan fingerprint density at radius 1 is 1.28 bits per heavy atom. The molecule has 1 fully saturated rings. The quantitative estimate of drug-likeness (QED) is 0.578. The molecule has 1 aliphatic rings. The lowest BCUT2D eigenvalue weighted by Gasteiger charge is -2.36. The van der Waals surface area contributed by atoms with Crippen LogP contribution in [-0.4, -0.2) is 59.4 Å². The van der Waals surface area contributed by atoms with Crippen molar-refractivity contribution < 1.29 is 29.0 Å². The number of allylic oxidation sites excluding steroid dienone is 1. The van der Waals surface area contributed by atoms with Crippen LogP contribution in [0.25, 0.3) is 0 Å². The average Bonchev–Trinajstić information content (AvgIpc) is 2.52. The molecule has 8 heteroatoms. The zero-order valence-corrected chi connectivity index (χ0v) is 15.5. The van der Waals surface area contributed by atoms with Crippen LogP contribution in [-0.2, 0) is 19.1 Å². The van der Waals surface area contributed by atoms with Gasteiger partial charge in [0.15, 0.2) is 0 Å². The zero-order chi connectivity index (χ0) is 19.7. The molecule has 1 rings (SSSR count). The molecule has 0 unspecified atom stereocenters. The lowest BCUT2D eigenvalue weighted by molar-refractivity contribution is -0.141. The first-order valence-electron chi connectivity index (χ1n) is 8.13. The molecule has 2 amide bonds. The number of aliphatic hydroxyl groups is 1. The molecule has 0 aromatic heterocycles. The van der Waals surface area contributed by atoms with Gasteiger partial charge in [0.1, 0.15) is 11.2 Å². The number of ether oxygens (including phenoxy) is 2. The van der Waals surface area contributed by atoms with Crippen LogP contribution in [0.5, 0.6) is 0 Å². The summed E-state index contributed by atoms with van der Waals surface area (Å²) in [7, 11) is 1.38. The monoisotopic (exact) mass is 358 g/mol. The van der Waals surface area contributed by atoms with E-state index in [-0.39, 0.29) is 31.9 Å². The van der Waals surface area contributed by atoms with Gasteiger partial charge in [0, 0.05) is 32.4 Å². The Morgan fingerprint density at radius 2 is 1.80 bits per heavy atom. The highest BCUT2D eigenvalue weighted by molar-refractivity contribution is 5.83. The first-order chi connectivity index (χ1) is 11.4. The number of carbonyl (C=O) groups is 3. The fourth-order valence-corrected chi connectivity index (χ4v) is 1.95. The minimum Gasteiger partial charge on any atom is -0.469 e. The molecule has 0 radical (unpaired) electrons. The highest BCUT2D eigenvalue weighted by Crippen LogP contribution is 2.23. The van der Waals surface area contributed by atoms with Crippen molar-refractivity contribution >= 4 is 18.0 Å². The lowest BCUT2D eigenvalue weighted by Crippen LogP contribution is -2.53. The maximum absolute atomic E-state index is 11.7. The van der Waals surface area contributed by atoms with Gasteiger partial charge in [-0.05, 0) is 27.2 Å². The van der Waals surface area contributed by atoms with E-state index in [0.717, 1.165) is 0 Å². The van der Waals surface area contributed by atoms with Crippen molar-refractivity contribution in [3.63, 3.8) is 0 Å². The maximum Gasteiger partial charge on any atom is 0.410 e. The first kappa shape index (κ1) is 22.9. The fourth-order valence-electron chi connectivity index (χ4n) is 1.95. The van der Waals surface area contributed by atoms with E-state index in [9.17, 15) is 19.5 Å². The summed E-state index contributed by atoms with van der Waals surface area (Å²) in [4.78, 5) is 34.5. The van der Waals surface area contributed by atoms with Crippen molar-refractivity contribution in [1.29, 1.82) is 0 Å². The summed E-state index contributed by atoms with van der Waals surface area (Å²) in [6, 6.07) is 0. The fraction of sp³-hybridized carbons (Fsp3) is 0.706. The van der Waals surface area contributed by atoms with Crippen LogP contribution >= 0.6 is 0 Å². The van der Waals surface area contributed by atoms with Crippen molar-refractivity contribution in [2.24, 2.45) is 5.73 Å². The highest BCUT2D eigenvalue weighted by Gasteiger charge is 2.39. The first-order valence-corrected chi connectivity index (χ1v) is 8.13. The van der Waals surface area contributed by atoms with E-state index in [2.05, 4.69) is 11.3 Å². The number of hydrogen-bond acceptors (Lipinski definition) is 6. The van der Waals surface area contributed by atoms with Gasteiger partial charge in [0.2, 0.25) is 5.91 Å². The second-order valence-corrected chi connectivity index (χ2v) is 6.77. The molecule has 0 bridgehead atoms. The Kier molecular flexibility index (Phi) is 9.19. The van der Waals surface area contributed by atoms with E-state index in [0.29, 0.717) is 12.8 Å². The van der Waals surface area contributed by atoms with Gasteiger partial charge in [-0.2, -0.15) is 0 Å². The van der Waals surface area contributed by atoms with Crippen molar-refractivity contribution in [1.82, 2.24) is 4.90 Å². The number of likely N-dealkylation sites (tertiary alicyclic amines) is 1. The molecule has 1 aliphatic heterocycles. The van der Waals surface area contributed by atoms with Crippen molar-refractivity contribution in [3.8, 4) is 0 Å². The number of methoxy groups -OCH3 is 1. The molecule has 0 aromatic carbocycles. The normalized spacial score (nSPS) is 16.1. The van der Waals surface area contributed by atoms with Gasteiger partial charge in [-0.3, -0.25) is 9.59 Å². The van der Waals surface area contributed by atoms with Gasteiger partial charge in [-0.25, -0.2) is 4.79 Å². The predicted octanol–water partition coefficient (Wildman–Crippen LogP) is 1.36. The second kappa shape index (κ2) is 10.0. The number of hydrogen-bond donors (Lipinski definition) is 2. The average molecular weight is 358 g/mol. The van der Waals surface area contributed by atoms with Crippen LogP contribution in [0.1, 0.15) is 46.5 Å². The van der Waals surface area contributed by atoms with Gasteiger partial charge < -0.3 is 25.2 Å². The molecule has 144 valence electrons. The predicted molar refractivity (Wildman–Crippen MR) is 92.6 cm³/mol. The molecule has 3 N–H and O–H groups in total. The molecule has 0 spiro atoms. The van der Waals surface area contributed by atoms with E-state index < -0.39 is 23.2 Å².